The number of carbonyl (C=O) groups is 3. The minimum absolute atomic E-state index is 0.0416. The average molecular weight is 395 g/mol. The molecule has 150 valence electrons. The summed E-state index contributed by atoms with van der Waals surface area (Å²) >= 11 is 0. The average Bonchev–Trinajstić information content (AvgIpc) is 2.77. The smallest absolute Gasteiger partial charge is 0.267 e. The van der Waals surface area contributed by atoms with Gasteiger partial charge in [-0.2, -0.15) is 0 Å². The Morgan fingerprint density at radius 1 is 1.10 bits per heavy atom. The summed E-state index contributed by atoms with van der Waals surface area (Å²) in [5.74, 6) is -0.443. The zero-order chi connectivity index (χ0) is 20.8. The lowest BCUT2D eigenvalue weighted by atomic mass is 10.1. The van der Waals surface area contributed by atoms with E-state index in [1.165, 1.54) is 22.5 Å². The molecule has 3 amide bonds. The maximum Gasteiger partial charge on any atom is 0.267 e. The molecule has 0 radical (unpaired) electrons. The first-order chi connectivity index (χ1) is 14.0. The van der Waals surface area contributed by atoms with Gasteiger partial charge in [0.25, 0.3) is 11.8 Å². The lowest BCUT2D eigenvalue weighted by Gasteiger charge is -2.35. The molecule has 1 aliphatic rings. The molecule has 0 saturated carbocycles. The van der Waals surface area contributed by atoms with Gasteiger partial charge in [0.05, 0.1) is 12.8 Å². The number of carbonyl (C=O) groups excluding carboxylic acids is 3. The number of rotatable bonds is 5. The summed E-state index contributed by atoms with van der Waals surface area (Å²) in [6, 6.07) is 13.9. The number of nitrogens with one attached hydrogen (secondary N) is 1. The number of anilines is 1. The monoisotopic (exact) mass is 395 g/mol. The van der Waals surface area contributed by atoms with Crippen molar-refractivity contribution in [1.29, 1.82) is 0 Å². The molecule has 1 saturated heterocycles. The second-order valence-corrected chi connectivity index (χ2v) is 6.37. The highest BCUT2D eigenvalue weighted by atomic mass is 16.5. The van der Waals surface area contributed by atoms with Crippen molar-refractivity contribution in [3.05, 3.63) is 65.7 Å². The number of methoxy groups -OCH3 is 1. The van der Waals surface area contributed by atoms with E-state index in [2.05, 4.69) is 0 Å². The first-order valence-corrected chi connectivity index (χ1v) is 8.98. The molecule has 0 spiro atoms. The summed E-state index contributed by atoms with van der Waals surface area (Å²) in [6.45, 7) is 0.670. The molecule has 8 heteroatoms. The van der Waals surface area contributed by atoms with Gasteiger partial charge < -0.3 is 14.5 Å². The maximum absolute atomic E-state index is 12.8. The molecule has 29 heavy (non-hydrogen) atoms. The fourth-order valence-electron chi connectivity index (χ4n) is 3.09. The molecule has 1 heterocycles. The topological polar surface area (TPSA) is 99.2 Å². The van der Waals surface area contributed by atoms with Gasteiger partial charge in [-0.15, -0.1) is 0 Å². The number of para-hydroxylation sites is 1. The minimum Gasteiger partial charge on any atom is -0.497 e. The van der Waals surface area contributed by atoms with Crippen molar-refractivity contribution < 1.29 is 24.3 Å². The molecule has 0 atom stereocenters. The largest absolute Gasteiger partial charge is 0.497 e. The van der Waals surface area contributed by atoms with Crippen LogP contribution in [-0.4, -0.2) is 54.6 Å². The zero-order valence-electron chi connectivity index (χ0n) is 15.9. The van der Waals surface area contributed by atoms with Crippen LogP contribution >= 0.6 is 0 Å². The van der Waals surface area contributed by atoms with E-state index >= 15 is 0 Å². The highest BCUT2D eigenvalue weighted by Crippen LogP contribution is 2.24. The van der Waals surface area contributed by atoms with Crippen LogP contribution in [0.5, 0.6) is 5.75 Å². The highest BCUT2D eigenvalue weighted by molar-refractivity contribution is 6.03. The van der Waals surface area contributed by atoms with Crippen LogP contribution in [0.1, 0.15) is 15.9 Å². The van der Waals surface area contributed by atoms with E-state index in [9.17, 15) is 14.4 Å². The molecule has 2 aromatic rings. The molecule has 8 nitrogen and oxygen atoms in total. The Morgan fingerprint density at radius 3 is 2.48 bits per heavy atom. The number of hydrogen-bond acceptors (Lipinski definition) is 5. The van der Waals surface area contributed by atoms with Crippen LogP contribution < -0.4 is 15.1 Å². The van der Waals surface area contributed by atoms with E-state index in [4.69, 9.17) is 9.94 Å². The normalized spacial score (nSPS) is 14.2. The molecule has 1 fully saturated rings. The Labute approximate surface area is 167 Å². The predicted molar refractivity (Wildman–Crippen MR) is 107 cm³/mol. The third-order valence-corrected chi connectivity index (χ3v) is 4.60. The Morgan fingerprint density at radius 2 is 1.83 bits per heavy atom. The third-order valence-electron chi connectivity index (χ3n) is 4.60. The van der Waals surface area contributed by atoms with Gasteiger partial charge >= 0.3 is 0 Å². The fourth-order valence-corrected chi connectivity index (χ4v) is 3.09. The molecule has 3 rings (SSSR count). The van der Waals surface area contributed by atoms with Crippen LogP contribution in [0.4, 0.5) is 5.69 Å². The molecule has 0 unspecified atom stereocenters. The zero-order valence-corrected chi connectivity index (χ0v) is 15.9. The first kappa shape index (κ1) is 20.1. The summed E-state index contributed by atoms with van der Waals surface area (Å²) in [5, 5.41) is 8.62. The van der Waals surface area contributed by atoms with Gasteiger partial charge in [0.15, 0.2) is 0 Å². The molecular formula is C21H21N3O5. The lowest BCUT2D eigenvalue weighted by molar-refractivity contribution is -0.124. The lowest BCUT2D eigenvalue weighted by Crippen LogP contribution is -2.52. The summed E-state index contributed by atoms with van der Waals surface area (Å²) < 4.78 is 5.10. The van der Waals surface area contributed by atoms with Crippen LogP contribution in [0.3, 0.4) is 0 Å². The van der Waals surface area contributed by atoms with Crippen molar-refractivity contribution in [2.75, 3.05) is 31.6 Å². The summed E-state index contributed by atoms with van der Waals surface area (Å²) in [6.07, 6.45) is 2.69. The van der Waals surface area contributed by atoms with E-state index in [0.717, 1.165) is 0 Å². The van der Waals surface area contributed by atoms with Crippen LogP contribution in [0.25, 0.3) is 6.08 Å². The molecule has 1 aliphatic heterocycles. The van der Waals surface area contributed by atoms with Gasteiger partial charge in [-0.1, -0.05) is 18.2 Å². The van der Waals surface area contributed by atoms with Crippen molar-refractivity contribution in [2.45, 2.75) is 0 Å². The molecule has 0 bridgehead atoms. The van der Waals surface area contributed by atoms with Crippen LogP contribution in [0, 0.1) is 0 Å². The van der Waals surface area contributed by atoms with Crippen LogP contribution in [-0.2, 0) is 9.59 Å². The number of hydroxylamine groups is 1. The number of piperazine rings is 1. The van der Waals surface area contributed by atoms with Gasteiger partial charge in [0, 0.05) is 24.7 Å². The summed E-state index contributed by atoms with van der Waals surface area (Å²) in [5.41, 5.74) is 3.30. The third kappa shape index (κ3) is 4.61. The van der Waals surface area contributed by atoms with E-state index in [-0.39, 0.29) is 18.4 Å². The van der Waals surface area contributed by atoms with Crippen molar-refractivity contribution in [1.82, 2.24) is 10.4 Å². The molecule has 0 aromatic heterocycles. The SMILES string of the molecule is COc1ccc(C(=O)N2CCN(c3ccccc3/C=C/C(=O)NO)C(=O)C2)cc1. The number of hydrogen-bond donors (Lipinski definition) is 2. The number of benzene rings is 2. The fraction of sp³-hybridized carbons (Fsp3) is 0.190. The van der Waals surface area contributed by atoms with Crippen LogP contribution in [0.2, 0.25) is 0 Å². The number of amides is 3. The Kier molecular flexibility index (Phi) is 6.25. The number of nitrogens with zero attached hydrogens (tertiary/aromatic N) is 2. The Balaban J connectivity index is 1.73. The Bertz CT molecular complexity index is 940. The first-order valence-electron chi connectivity index (χ1n) is 8.98. The van der Waals surface area contributed by atoms with Crippen molar-refractivity contribution >= 4 is 29.5 Å². The summed E-state index contributed by atoms with van der Waals surface area (Å²) in [4.78, 5) is 39.8. The Hall–Kier alpha value is -3.65. The maximum atomic E-state index is 12.8. The van der Waals surface area contributed by atoms with E-state index in [0.29, 0.717) is 35.7 Å². The number of ether oxygens (including phenoxy) is 1. The van der Waals surface area contributed by atoms with Crippen LogP contribution in [0.15, 0.2) is 54.6 Å². The molecular weight excluding hydrogens is 374 g/mol. The van der Waals surface area contributed by atoms with Gasteiger partial charge in [0.2, 0.25) is 5.91 Å². The summed E-state index contributed by atoms with van der Waals surface area (Å²) in [7, 11) is 1.55. The quantitative estimate of drug-likeness (QED) is 0.456. The molecule has 2 aromatic carbocycles. The van der Waals surface area contributed by atoms with Gasteiger partial charge in [-0.05, 0) is 42.0 Å². The van der Waals surface area contributed by atoms with E-state index < -0.39 is 5.91 Å². The predicted octanol–water partition coefficient (Wildman–Crippen LogP) is 1.70. The van der Waals surface area contributed by atoms with E-state index in [1.807, 2.05) is 0 Å². The van der Waals surface area contributed by atoms with Crippen molar-refractivity contribution in [3.63, 3.8) is 0 Å². The van der Waals surface area contributed by atoms with Crippen molar-refractivity contribution in [3.8, 4) is 5.75 Å². The van der Waals surface area contributed by atoms with Gasteiger partial charge in [0.1, 0.15) is 12.3 Å². The highest BCUT2D eigenvalue weighted by Gasteiger charge is 2.29. The van der Waals surface area contributed by atoms with Crippen molar-refractivity contribution in [2.24, 2.45) is 0 Å². The minimum atomic E-state index is -0.666. The second kappa shape index (κ2) is 9.03. The standard InChI is InChI=1S/C21H21N3O5/c1-29-17-9-6-16(7-10-17)21(27)23-12-13-24(20(26)14-23)18-5-3-2-4-15(18)8-11-19(25)22-28/h2-11,28H,12-14H2,1H3,(H,22,25)/b11-8+. The van der Waals surface area contributed by atoms with Gasteiger partial charge in [-0.25, -0.2) is 5.48 Å². The van der Waals surface area contributed by atoms with E-state index in [1.54, 1.807) is 60.5 Å². The second-order valence-electron chi connectivity index (χ2n) is 6.37. The molecule has 0 aliphatic carbocycles. The molecule has 2 N–H and O–H groups in total. The van der Waals surface area contributed by atoms with Gasteiger partial charge in [-0.3, -0.25) is 19.6 Å².